The number of nitrogens with zero attached hydrogens (tertiary/aromatic N) is 2. The lowest BCUT2D eigenvalue weighted by molar-refractivity contribution is -0.153. The Morgan fingerprint density at radius 2 is 1.64 bits per heavy atom. The quantitative estimate of drug-likeness (QED) is 0.853. The number of alkyl halides is 3. The summed E-state index contributed by atoms with van der Waals surface area (Å²) in [5, 5.41) is 9.56. The van der Waals surface area contributed by atoms with Crippen molar-refractivity contribution in [1.29, 1.82) is 0 Å². The van der Waals surface area contributed by atoms with Gasteiger partial charge in [-0.15, -0.1) is 0 Å². The predicted octanol–water partition coefficient (Wildman–Crippen LogP) is 3.10. The topological polar surface area (TPSA) is 60.9 Å². The van der Waals surface area contributed by atoms with Crippen molar-refractivity contribution < 1.29 is 27.9 Å². The molecule has 1 amide bonds. The van der Waals surface area contributed by atoms with Gasteiger partial charge in [-0.2, -0.15) is 13.2 Å². The molecule has 0 spiro atoms. The van der Waals surface area contributed by atoms with Gasteiger partial charge in [-0.3, -0.25) is 9.59 Å². The molecule has 0 unspecified atom stereocenters. The number of benzene rings is 1. The number of fused-ring (bicyclic) bond motifs is 2. The Morgan fingerprint density at radius 1 is 1.00 bits per heavy atom. The highest BCUT2D eigenvalue weighted by Gasteiger charge is 2.54. The standard InChI is InChI=1S/C20H23F3N2O3/c21-20(22,23)14-2-1-3-15(11-14)24-6-8-25(9-7-24)18(26)16-12-4-5-13(10-12)17(16)19(27)28/h1-3,11-13,16-17H,4-10H2,(H,27,28)/t12-,13+,16-,17-/m0/s1. The van der Waals surface area contributed by atoms with E-state index in [-0.39, 0.29) is 17.7 Å². The van der Waals surface area contributed by atoms with E-state index >= 15 is 0 Å². The van der Waals surface area contributed by atoms with Crippen molar-refractivity contribution in [2.24, 2.45) is 23.7 Å². The Morgan fingerprint density at radius 3 is 2.25 bits per heavy atom. The Balaban J connectivity index is 1.42. The van der Waals surface area contributed by atoms with Crippen molar-refractivity contribution >= 4 is 17.6 Å². The second-order valence-corrected chi connectivity index (χ2v) is 8.08. The number of carboxylic acid groups (broad SMARTS) is 1. The van der Waals surface area contributed by atoms with Crippen molar-refractivity contribution in [3.05, 3.63) is 29.8 Å². The molecule has 3 aliphatic rings. The van der Waals surface area contributed by atoms with Gasteiger partial charge in [-0.25, -0.2) is 0 Å². The molecule has 3 fully saturated rings. The maximum Gasteiger partial charge on any atom is 0.416 e. The van der Waals surface area contributed by atoms with Gasteiger partial charge in [0.25, 0.3) is 0 Å². The summed E-state index contributed by atoms with van der Waals surface area (Å²) in [6, 6.07) is 5.21. The molecule has 5 nitrogen and oxygen atoms in total. The van der Waals surface area contributed by atoms with Gasteiger partial charge < -0.3 is 14.9 Å². The van der Waals surface area contributed by atoms with Gasteiger partial charge in [0.15, 0.2) is 0 Å². The number of aliphatic carboxylic acids is 1. The normalized spacial score (nSPS) is 30.0. The minimum absolute atomic E-state index is 0.0942. The Kier molecular flexibility index (Phi) is 4.75. The molecule has 28 heavy (non-hydrogen) atoms. The van der Waals surface area contributed by atoms with E-state index in [0.29, 0.717) is 31.9 Å². The van der Waals surface area contributed by atoms with E-state index in [1.54, 1.807) is 11.0 Å². The number of piperazine rings is 1. The van der Waals surface area contributed by atoms with Crippen LogP contribution in [0.4, 0.5) is 18.9 Å². The van der Waals surface area contributed by atoms with Crippen LogP contribution in [-0.4, -0.2) is 48.1 Å². The maximum absolute atomic E-state index is 13.0. The molecule has 1 aromatic rings. The van der Waals surface area contributed by atoms with Gasteiger partial charge in [0.1, 0.15) is 0 Å². The third-order valence-electron chi connectivity index (χ3n) is 6.62. The molecular formula is C20H23F3N2O3. The van der Waals surface area contributed by atoms with Crippen LogP contribution in [0, 0.1) is 23.7 Å². The van der Waals surface area contributed by atoms with Gasteiger partial charge in [0.2, 0.25) is 5.91 Å². The average molecular weight is 396 g/mol. The largest absolute Gasteiger partial charge is 0.481 e. The number of anilines is 1. The fourth-order valence-corrected chi connectivity index (χ4v) is 5.28. The molecule has 1 heterocycles. The van der Waals surface area contributed by atoms with Gasteiger partial charge in [0, 0.05) is 31.9 Å². The Bertz CT molecular complexity index is 774. The molecule has 1 aliphatic heterocycles. The highest BCUT2D eigenvalue weighted by Crippen LogP contribution is 2.53. The number of amides is 1. The van der Waals surface area contributed by atoms with Crippen LogP contribution in [0.15, 0.2) is 24.3 Å². The first kappa shape index (κ1) is 19.1. The summed E-state index contributed by atoms with van der Waals surface area (Å²) in [5.74, 6) is -1.76. The van der Waals surface area contributed by atoms with Crippen molar-refractivity contribution in [1.82, 2.24) is 4.90 Å². The zero-order valence-corrected chi connectivity index (χ0v) is 15.4. The number of hydrogen-bond donors (Lipinski definition) is 1. The number of halogens is 3. The first-order valence-electron chi connectivity index (χ1n) is 9.69. The first-order chi connectivity index (χ1) is 13.3. The lowest BCUT2D eigenvalue weighted by Crippen LogP contribution is -2.52. The molecule has 1 aromatic carbocycles. The van der Waals surface area contributed by atoms with Gasteiger partial charge in [-0.1, -0.05) is 6.07 Å². The van der Waals surface area contributed by atoms with E-state index in [2.05, 4.69) is 0 Å². The summed E-state index contributed by atoms with van der Waals surface area (Å²) in [7, 11) is 0. The number of hydrogen-bond acceptors (Lipinski definition) is 3. The van der Waals surface area contributed by atoms with E-state index < -0.39 is 29.5 Å². The minimum atomic E-state index is -4.39. The average Bonchev–Trinajstić information content (AvgIpc) is 3.28. The van der Waals surface area contributed by atoms with E-state index in [9.17, 15) is 27.9 Å². The van der Waals surface area contributed by atoms with Gasteiger partial charge >= 0.3 is 12.1 Å². The zero-order chi connectivity index (χ0) is 20.1. The van der Waals surface area contributed by atoms with Crippen LogP contribution >= 0.6 is 0 Å². The van der Waals surface area contributed by atoms with Crippen molar-refractivity contribution in [3.8, 4) is 0 Å². The van der Waals surface area contributed by atoms with Crippen LogP contribution in [0.1, 0.15) is 24.8 Å². The number of carbonyl (C=O) groups excluding carboxylic acids is 1. The van der Waals surface area contributed by atoms with Crippen LogP contribution in [0.3, 0.4) is 0 Å². The second-order valence-electron chi connectivity index (χ2n) is 8.08. The predicted molar refractivity (Wildman–Crippen MR) is 95.7 cm³/mol. The highest BCUT2D eigenvalue weighted by atomic mass is 19.4. The number of carboxylic acids is 1. The molecule has 4 rings (SSSR count). The molecular weight excluding hydrogens is 373 g/mol. The lowest BCUT2D eigenvalue weighted by atomic mass is 9.78. The summed E-state index contributed by atoms with van der Waals surface area (Å²) < 4.78 is 38.8. The summed E-state index contributed by atoms with van der Waals surface area (Å²) >= 11 is 0. The second kappa shape index (κ2) is 6.97. The number of rotatable bonds is 3. The molecule has 8 heteroatoms. The van der Waals surface area contributed by atoms with Crippen LogP contribution in [0.2, 0.25) is 0 Å². The first-order valence-corrected chi connectivity index (χ1v) is 9.69. The molecule has 2 aliphatic carbocycles. The molecule has 0 radical (unpaired) electrons. The van der Waals surface area contributed by atoms with E-state index in [0.717, 1.165) is 31.4 Å². The number of carbonyl (C=O) groups is 2. The monoisotopic (exact) mass is 396 g/mol. The zero-order valence-electron chi connectivity index (χ0n) is 15.4. The van der Waals surface area contributed by atoms with Crippen LogP contribution < -0.4 is 4.90 Å². The molecule has 2 saturated carbocycles. The van der Waals surface area contributed by atoms with Crippen molar-refractivity contribution in [3.63, 3.8) is 0 Å². The molecule has 0 aromatic heterocycles. The molecule has 2 bridgehead atoms. The molecule has 1 N–H and O–H groups in total. The minimum Gasteiger partial charge on any atom is -0.481 e. The fourth-order valence-electron chi connectivity index (χ4n) is 5.28. The summed E-state index contributed by atoms with van der Waals surface area (Å²) in [4.78, 5) is 28.2. The van der Waals surface area contributed by atoms with E-state index in [1.165, 1.54) is 6.07 Å². The summed E-state index contributed by atoms with van der Waals surface area (Å²) in [5.41, 5.74) is -0.194. The fraction of sp³-hybridized carbons (Fsp3) is 0.600. The molecule has 4 atom stereocenters. The summed E-state index contributed by atoms with van der Waals surface area (Å²) in [6.07, 6.45) is -1.78. The molecule has 1 saturated heterocycles. The van der Waals surface area contributed by atoms with Crippen LogP contribution in [0.5, 0.6) is 0 Å². The van der Waals surface area contributed by atoms with Gasteiger partial charge in [0.05, 0.1) is 17.4 Å². The maximum atomic E-state index is 13.0. The van der Waals surface area contributed by atoms with Crippen LogP contribution in [0.25, 0.3) is 0 Å². The van der Waals surface area contributed by atoms with Crippen molar-refractivity contribution in [2.45, 2.75) is 25.4 Å². The van der Waals surface area contributed by atoms with E-state index in [4.69, 9.17) is 0 Å². The van der Waals surface area contributed by atoms with Crippen molar-refractivity contribution in [2.75, 3.05) is 31.1 Å². The highest BCUT2D eigenvalue weighted by molar-refractivity contribution is 5.86. The Hall–Kier alpha value is -2.25. The van der Waals surface area contributed by atoms with Crippen LogP contribution in [-0.2, 0) is 15.8 Å². The van der Waals surface area contributed by atoms with Gasteiger partial charge in [-0.05, 0) is 49.3 Å². The summed E-state index contributed by atoms with van der Waals surface area (Å²) in [6.45, 7) is 1.67. The lowest BCUT2D eigenvalue weighted by Gasteiger charge is -2.39. The van der Waals surface area contributed by atoms with E-state index in [1.807, 2.05) is 4.90 Å². The Labute approximate surface area is 161 Å². The SMILES string of the molecule is O=C(O)[C@H]1[C@@H]2CC[C@@H](C2)[C@@H]1C(=O)N1CCN(c2cccc(C(F)(F)F)c2)CC1. The third kappa shape index (κ3) is 3.33. The third-order valence-corrected chi connectivity index (χ3v) is 6.62. The molecule has 152 valence electrons. The smallest absolute Gasteiger partial charge is 0.416 e.